The van der Waals surface area contributed by atoms with E-state index in [1.54, 1.807) is 54.1 Å². The Hall–Kier alpha value is -2.64. The van der Waals surface area contributed by atoms with Crippen molar-refractivity contribution in [1.29, 1.82) is 0 Å². The van der Waals surface area contributed by atoms with Crippen LogP contribution in [-0.2, 0) is 9.59 Å². The van der Waals surface area contributed by atoms with Gasteiger partial charge in [-0.1, -0.05) is 29.3 Å². The number of halogens is 3. The first-order valence-corrected chi connectivity index (χ1v) is 12.9. The van der Waals surface area contributed by atoms with Crippen LogP contribution >= 0.6 is 23.2 Å². The van der Waals surface area contributed by atoms with Crippen molar-refractivity contribution in [2.75, 3.05) is 33.2 Å². The largest absolute Gasteiger partial charge is 0.343 e. The third kappa shape index (κ3) is 5.68. The quantitative estimate of drug-likeness (QED) is 0.564. The molecule has 4 rings (SSSR count). The topological polar surface area (TPSA) is 60.9 Å². The fourth-order valence-corrected chi connectivity index (χ4v) is 5.56. The molecule has 2 aromatic carbocycles. The molecule has 0 saturated carbocycles. The molecular formula is C27H30Cl2FN3O3. The molecule has 2 aliphatic heterocycles. The van der Waals surface area contributed by atoms with E-state index in [-0.39, 0.29) is 40.6 Å². The van der Waals surface area contributed by atoms with Gasteiger partial charge in [-0.25, -0.2) is 4.39 Å². The standard InChI is InChI=1S/C27H30Cl2FN3O3/c1-17(34)32-12-9-19(10-13-32)27(36)33-14-11-25(22(16-33)20-5-8-23(29)24(30)15-20)31(2)26(35)18-3-6-21(28)7-4-18/h3-8,15,19,22,25H,9-14,16H2,1-2H3. The van der Waals surface area contributed by atoms with Gasteiger partial charge in [-0.05, 0) is 61.2 Å². The smallest absolute Gasteiger partial charge is 0.253 e. The Morgan fingerprint density at radius 2 is 1.58 bits per heavy atom. The minimum Gasteiger partial charge on any atom is -0.343 e. The molecule has 2 unspecified atom stereocenters. The highest BCUT2D eigenvalue weighted by Crippen LogP contribution is 2.34. The average molecular weight is 534 g/mol. The van der Waals surface area contributed by atoms with Crippen LogP contribution in [0.1, 0.15) is 48.0 Å². The lowest BCUT2D eigenvalue weighted by Gasteiger charge is -2.44. The number of rotatable bonds is 4. The van der Waals surface area contributed by atoms with E-state index in [1.165, 1.54) is 12.1 Å². The number of piperidine rings is 2. The SMILES string of the molecule is CC(=O)N1CCC(C(=O)N2CCC(N(C)C(=O)c3ccc(Cl)cc3)C(c3ccc(Cl)c(F)c3)C2)CC1. The normalized spacial score (nSPS) is 20.8. The number of amides is 3. The number of nitrogens with zero attached hydrogens (tertiary/aromatic N) is 3. The Kier molecular flexibility index (Phi) is 8.20. The molecule has 0 N–H and O–H groups in total. The number of likely N-dealkylation sites (tertiary alicyclic amines) is 2. The first-order valence-electron chi connectivity index (χ1n) is 12.2. The van der Waals surface area contributed by atoms with Crippen LogP contribution in [0.2, 0.25) is 10.0 Å². The molecule has 9 heteroatoms. The maximum atomic E-state index is 14.4. The van der Waals surface area contributed by atoms with E-state index in [2.05, 4.69) is 0 Å². The molecule has 2 aliphatic rings. The Labute approximate surface area is 220 Å². The van der Waals surface area contributed by atoms with E-state index in [0.29, 0.717) is 61.6 Å². The molecule has 3 amide bonds. The summed E-state index contributed by atoms with van der Waals surface area (Å²) in [6.07, 6.45) is 1.82. The van der Waals surface area contributed by atoms with Crippen LogP contribution in [0, 0.1) is 11.7 Å². The summed E-state index contributed by atoms with van der Waals surface area (Å²) in [4.78, 5) is 43.7. The molecule has 6 nitrogen and oxygen atoms in total. The fraction of sp³-hybridized carbons (Fsp3) is 0.444. The number of hydrogen-bond donors (Lipinski definition) is 0. The third-order valence-electron chi connectivity index (χ3n) is 7.46. The van der Waals surface area contributed by atoms with Crippen molar-refractivity contribution < 1.29 is 18.8 Å². The molecule has 2 heterocycles. The lowest BCUT2D eigenvalue weighted by Crippen LogP contribution is -2.53. The molecule has 0 radical (unpaired) electrons. The van der Waals surface area contributed by atoms with Crippen LogP contribution in [0.15, 0.2) is 42.5 Å². The molecule has 36 heavy (non-hydrogen) atoms. The van der Waals surface area contributed by atoms with Crippen LogP contribution < -0.4 is 0 Å². The van der Waals surface area contributed by atoms with E-state index in [0.717, 1.165) is 0 Å². The van der Waals surface area contributed by atoms with E-state index in [1.807, 2.05) is 4.90 Å². The lowest BCUT2D eigenvalue weighted by atomic mass is 9.83. The van der Waals surface area contributed by atoms with Crippen molar-refractivity contribution in [3.05, 3.63) is 69.5 Å². The highest BCUT2D eigenvalue weighted by atomic mass is 35.5. The van der Waals surface area contributed by atoms with E-state index in [4.69, 9.17) is 23.2 Å². The van der Waals surface area contributed by atoms with Gasteiger partial charge in [0.15, 0.2) is 0 Å². The van der Waals surface area contributed by atoms with Crippen LogP contribution in [0.4, 0.5) is 4.39 Å². The molecule has 2 saturated heterocycles. The van der Waals surface area contributed by atoms with Gasteiger partial charge < -0.3 is 14.7 Å². The average Bonchev–Trinajstić information content (AvgIpc) is 2.89. The third-order valence-corrected chi connectivity index (χ3v) is 8.02. The van der Waals surface area contributed by atoms with Gasteiger partial charge in [-0.15, -0.1) is 0 Å². The summed E-state index contributed by atoms with van der Waals surface area (Å²) in [5, 5.41) is 0.576. The number of carbonyl (C=O) groups excluding carboxylic acids is 3. The predicted molar refractivity (Wildman–Crippen MR) is 138 cm³/mol. The van der Waals surface area contributed by atoms with Crippen molar-refractivity contribution in [2.45, 2.75) is 38.1 Å². The van der Waals surface area contributed by atoms with Gasteiger partial charge in [-0.3, -0.25) is 14.4 Å². The van der Waals surface area contributed by atoms with Crippen LogP contribution in [0.3, 0.4) is 0 Å². The zero-order valence-electron chi connectivity index (χ0n) is 20.4. The second-order valence-corrected chi connectivity index (χ2v) is 10.5. The number of carbonyl (C=O) groups is 3. The lowest BCUT2D eigenvalue weighted by molar-refractivity contribution is -0.141. The molecule has 192 valence electrons. The highest BCUT2D eigenvalue weighted by Gasteiger charge is 2.39. The van der Waals surface area contributed by atoms with Crippen LogP contribution in [0.25, 0.3) is 0 Å². The monoisotopic (exact) mass is 533 g/mol. The molecule has 0 aromatic heterocycles. The fourth-order valence-electron chi connectivity index (χ4n) is 5.32. The summed E-state index contributed by atoms with van der Waals surface area (Å²) in [6, 6.07) is 11.2. The summed E-state index contributed by atoms with van der Waals surface area (Å²) in [5.74, 6) is -1.03. The minimum atomic E-state index is -0.528. The summed E-state index contributed by atoms with van der Waals surface area (Å²) in [5.41, 5.74) is 1.21. The van der Waals surface area contributed by atoms with E-state index >= 15 is 0 Å². The number of hydrogen-bond acceptors (Lipinski definition) is 3. The van der Waals surface area contributed by atoms with Crippen molar-refractivity contribution in [3.8, 4) is 0 Å². The van der Waals surface area contributed by atoms with Crippen molar-refractivity contribution in [3.63, 3.8) is 0 Å². The van der Waals surface area contributed by atoms with Crippen molar-refractivity contribution in [2.24, 2.45) is 5.92 Å². The minimum absolute atomic E-state index is 0.0277. The molecule has 2 aromatic rings. The summed E-state index contributed by atoms with van der Waals surface area (Å²) in [6.45, 7) is 3.57. The Morgan fingerprint density at radius 1 is 0.944 bits per heavy atom. The van der Waals surface area contributed by atoms with Crippen molar-refractivity contribution >= 4 is 40.9 Å². The molecule has 0 spiro atoms. The Morgan fingerprint density at radius 3 is 2.19 bits per heavy atom. The molecule has 2 fully saturated rings. The Bertz CT molecular complexity index is 1140. The van der Waals surface area contributed by atoms with Gasteiger partial charge in [0, 0.05) is 68.6 Å². The van der Waals surface area contributed by atoms with Gasteiger partial charge in [0.1, 0.15) is 5.82 Å². The number of benzene rings is 2. The molecule has 2 atom stereocenters. The first kappa shape index (κ1) is 26.4. The molecule has 0 aliphatic carbocycles. The van der Waals surface area contributed by atoms with E-state index in [9.17, 15) is 18.8 Å². The number of likely N-dealkylation sites (N-methyl/N-ethyl adjacent to an activating group) is 1. The van der Waals surface area contributed by atoms with Gasteiger partial charge in [0.2, 0.25) is 11.8 Å². The summed E-state index contributed by atoms with van der Waals surface area (Å²) >= 11 is 11.9. The molecular weight excluding hydrogens is 504 g/mol. The first-order chi connectivity index (χ1) is 17.2. The maximum absolute atomic E-state index is 14.4. The summed E-state index contributed by atoms with van der Waals surface area (Å²) in [7, 11) is 1.75. The predicted octanol–water partition coefficient (Wildman–Crippen LogP) is 4.85. The highest BCUT2D eigenvalue weighted by molar-refractivity contribution is 6.31. The van der Waals surface area contributed by atoms with Crippen molar-refractivity contribution in [1.82, 2.24) is 14.7 Å². The summed E-state index contributed by atoms with van der Waals surface area (Å²) < 4.78 is 14.4. The van der Waals surface area contributed by atoms with Gasteiger partial charge in [0.25, 0.3) is 5.91 Å². The van der Waals surface area contributed by atoms with E-state index < -0.39 is 5.82 Å². The maximum Gasteiger partial charge on any atom is 0.253 e. The second kappa shape index (κ2) is 11.2. The van der Waals surface area contributed by atoms with Crippen LogP contribution in [-0.4, -0.2) is 71.7 Å². The van der Waals surface area contributed by atoms with Gasteiger partial charge in [-0.2, -0.15) is 0 Å². The Balaban J connectivity index is 1.55. The van der Waals surface area contributed by atoms with Crippen LogP contribution in [0.5, 0.6) is 0 Å². The molecule has 0 bridgehead atoms. The second-order valence-electron chi connectivity index (χ2n) is 9.62. The van der Waals surface area contributed by atoms with Gasteiger partial charge in [0.05, 0.1) is 5.02 Å². The van der Waals surface area contributed by atoms with Gasteiger partial charge >= 0.3 is 0 Å². The zero-order chi connectivity index (χ0) is 26.0. The zero-order valence-corrected chi connectivity index (χ0v) is 21.9.